The van der Waals surface area contributed by atoms with Gasteiger partial charge < -0.3 is 15.2 Å². The lowest BCUT2D eigenvalue weighted by Crippen LogP contribution is -2.28. The van der Waals surface area contributed by atoms with E-state index in [1.165, 1.54) is 5.56 Å². The van der Waals surface area contributed by atoms with Crippen molar-refractivity contribution in [2.24, 2.45) is 11.7 Å². The summed E-state index contributed by atoms with van der Waals surface area (Å²) in [5, 5.41) is 0. The Hall–Kier alpha value is -1.26. The molecule has 4 nitrogen and oxygen atoms in total. The Bertz CT molecular complexity index is 411. The first-order valence-electron chi connectivity index (χ1n) is 6.91. The van der Waals surface area contributed by atoms with Gasteiger partial charge in [-0.2, -0.15) is 0 Å². The number of nitrogens with two attached hydrogens (primary N) is 1. The predicted octanol–water partition coefficient (Wildman–Crippen LogP) is 2.05. The van der Waals surface area contributed by atoms with Crippen LogP contribution in [0.1, 0.15) is 24.9 Å². The van der Waals surface area contributed by atoms with E-state index in [9.17, 15) is 0 Å². The number of nitrogens with zero attached hydrogens (tertiary/aromatic N) is 1. The first kappa shape index (κ1) is 14.2. The van der Waals surface area contributed by atoms with Gasteiger partial charge in [0.25, 0.3) is 0 Å². The van der Waals surface area contributed by atoms with Crippen LogP contribution in [0.25, 0.3) is 0 Å². The van der Waals surface area contributed by atoms with Crippen molar-refractivity contribution >= 4 is 0 Å². The molecule has 1 saturated heterocycles. The predicted molar refractivity (Wildman–Crippen MR) is 76.7 cm³/mol. The van der Waals surface area contributed by atoms with Crippen molar-refractivity contribution in [3.8, 4) is 11.5 Å². The highest BCUT2D eigenvalue weighted by molar-refractivity contribution is 5.48. The highest BCUT2D eigenvalue weighted by Gasteiger charge is 2.35. The number of ether oxygens (including phenoxy) is 2. The maximum atomic E-state index is 5.94. The second-order valence-corrected chi connectivity index (χ2v) is 4.94. The molecule has 1 heterocycles. The second-order valence-electron chi connectivity index (χ2n) is 4.94. The van der Waals surface area contributed by atoms with Crippen LogP contribution in [-0.2, 0) is 0 Å². The Morgan fingerprint density at radius 2 is 2.11 bits per heavy atom. The number of methoxy groups -OCH3 is 2. The molecule has 19 heavy (non-hydrogen) atoms. The molecule has 0 amide bonds. The minimum absolute atomic E-state index is 0.333. The van der Waals surface area contributed by atoms with Gasteiger partial charge in [-0.25, -0.2) is 0 Å². The maximum Gasteiger partial charge on any atom is 0.165 e. The zero-order chi connectivity index (χ0) is 13.8. The smallest absolute Gasteiger partial charge is 0.165 e. The normalized spacial score (nSPS) is 23.6. The lowest BCUT2D eigenvalue weighted by molar-refractivity contribution is 0.233. The molecule has 1 fully saturated rings. The van der Waals surface area contributed by atoms with Gasteiger partial charge in [-0.3, -0.25) is 4.90 Å². The van der Waals surface area contributed by atoms with E-state index in [-0.39, 0.29) is 0 Å². The molecular weight excluding hydrogens is 240 g/mol. The van der Waals surface area contributed by atoms with Crippen molar-refractivity contribution < 1.29 is 9.47 Å². The zero-order valence-electron chi connectivity index (χ0n) is 12.1. The van der Waals surface area contributed by atoms with Gasteiger partial charge in [-0.05, 0) is 38.0 Å². The topological polar surface area (TPSA) is 47.7 Å². The molecular formula is C15H24N2O2. The van der Waals surface area contributed by atoms with Gasteiger partial charge in [0.15, 0.2) is 11.5 Å². The third-order valence-corrected chi connectivity index (χ3v) is 4.09. The van der Waals surface area contributed by atoms with Gasteiger partial charge in [-0.1, -0.05) is 19.1 Å². The van der Waals surface area contributed by atoms with Gasteiger partial charge in [-0.15, -0.1) is 0 Å². The fourth-order valence-electron chi connectivity index (χ4n) is 3.12. The first-order chi connectivity index (χ1) is 9.26. The van der Waals surface area contributed by atoms with Crippen LogP contribution in [0.4, 0.5) is 0 Å². The quantitative estimate of drug-likeness (QED) is 0.884. The summed E-state index contributed by atoms with van der Waals surface area (Å²) in [6.45, 7) is 5.03. The van der Waals surface area contributed by atoms with Gasteiger partial charge in [0.1, 0.15) is 0 Å². The van der Waals surface area contributed by atoms with E-state index in [0.29, 0.717) is 18.5 Å². The van der Waals surface area contributed by atoms with Crippen LogP contribution in [0, 0.1) is 5.92 Å². The SMILES string of the molecule is CCN1CCC(CN)C1c1cccc(OC)c1OC. The Labute approximate surface area is 115 Å². The minimum atomic E-state index is 0.333. The summed E-state index contributed by atoms with van der Waals surface area (Å²) in [6, 6.07) is 6.42. The molecule has 0 bridgehead atoms. The van der Waals surface area contributed by atoms with Crippen LogP contribution in [0.3, 0.4) is 0 Å². The van der Waals surface area contributed by atoms with Crippen LogP contribution < -0.4 is 15.2 Å². The highest BCUT2D eigenvalue weighted by Crippen LogP contribution is 2.43. The summed E-state index contributed by atoms with van der Waals surface area (Å²) in [4.78, 5) is 2.47. The van der Waals surface area contributed by atoms with Crippen LogP contribution in [0.5, 0.6) is 11.5 Å². The molecule has 0 radical (unpaired) electrons. The van der Waals surface area contributed by atoms with Crippen molar-refractivity contribution in [3.05, 3.63) is 23.8 Å². The molecule has 1 aromatic rings. The third-order valence-electron chi connectivity index (χ3n) is 4.09. The van der Waals surface area contributed by atoms with Crippen molar-refractivity contribution in [1.82, 2.24) is 4.90 Å². The van der Waals surface area contributed by atoms with Crippen LogP contribution in [0.2, 0.25) is 0 Å². The Balaban J connectivity index is 2.43. The van der Waals surface area contributed by atoms with Gasteiger partial charge in [0.05, 0.1) is 14.2 Å². The van der Waals surface area contributed by atoms with Crippen molar-refractivity contribution in [2.45, 2.75) is 19.4 Å². The minimum Gasteiger partial charge on any atom is -0.493 e. The fourth-order valence-corrected chi connectivity index (χ4v) is 3.12. The van der Waals surface area contributed by atoms with Crippen LogP contribution in [-0.4, -0.2) is 38.8 Å². The molecule has 0 aliphatic carbocycles. The lowest BCUT2D eigenvalue weighted by Gasteiger charge is -2.29. The summed E-state index contributed by atoms with van der Waals surface area (Å²) in [6.07, 6.45) is 1.15. The molecule has 2 N–H and O–H groups in total. The Morgan fingerprint density at radius 1 is 1.32 bits per heavy atom. The molecule has 1 aromatic carbocycles. The zero-order valence-corrected chi connectivity index (χ0v) is 12.1. The number of hydrogen-bond donors (Lipinski definition) is 1. The summed E-state index contributed by atoms with van der Waals surface area (Å²) >= 11 is 0. The highest BCUT2D eigenvalue weighted by atomic mass is 16.5. The third kappa shape index (κ3) is 2.55. The average Bonchev–Trinajstić information content (AvgIpc) is 2.88. The molecule has 0 saturated carbocycles. The lowest BCUT2D eigenvalue weighted by atomic mass is 9.93. The average molecular weight is 264 g/mol. The van der Waals surface area contributed by atoms with E-state index in [1.807, 2.05) is 12.1 Å². The number of hydrogen-bond acceptors (Lipinski definition) is 4. The van der Waals surface area contributed by atoms with Gasteiger partial charge >= 0.3 is 0 Å². The number of likely N-dealkylation sites (tertiary alicyclic amines) is 1. The Morgan fingerprint density at radius 3 is 2.68 bits per heavy atom. The van der Waals surface area contributed by atoms with Crippen molar-refractivity contribution in [2.75, 3.05) is 33.9 Å². The molecule has 2 atom stereocenters. The van der Waals surface area contributed by atoms with Crippen molar-refractivity contribution in [3.63, 3.8) is 0 Å². The van der Waals surface area contributed by atoms with Crippen molar-refractivity contribution in [1.29, 1.82) is 0 Å². The van der Waals surface area contributed by atoms with E-state index in [0.717, 1.165) is 31.0 Å². The standard InChI is InChI=1S/C15H24N2O2/c1-4-17-9-8-11(10-16)14(17)12-6-5-7-13(18-2)15(12)19-3/h5-7,11,14H,4,8-10,16H2,1-3H3. The largest absolute Gasteiger partial charge is 0.493 e. The molecule has 2 rings (SSSR count). The number of benzene rings is 1. The second kappa shape index (κ2) is 6.26. The van der Waals surface area contributed by atoms with Gasteiger partial charge in [0.2, 0.25) is 0 Å². The molecule has 4 heteroatoms. The van der Waals surface area contributed by atoms with Crippen LogP contribution in [0.15, 0.2) is 18.2 Å². The van der Waals surface area contributed by atoms with E-state index >= 15 is 0 Å². The first-order valence-corrected chi connectivity index (χ1v) is 6.91. The molecule has 0 spiro atoms. The van der Waals surface area contributed by atoms with E-state index in [2.05, 4.69) is 17.9 Å². The molecule has 0 aromatic heterocycles. The summed E-state index contributed by atoms with van der Waals surface area (Å²) < 4.78 is 11.0. The molecule has 1 aliphatic heterocycles. The van der Waals surface area contributed by atoms with Gasteiger partial charge in [0, 0.05) is 11.6 Å². The summed E-state index contributed by atoms with van der Waals surface area (Å²) in [7, 11) is 3.37. The molecule has 2 unspecified atom stereocenters. The summed E-state index contributed by atoms with van der Waals surface area (Å²) in [5.74, 6) is 2.12. The molecule has 1 aliphatic rings. The number of para-hydroxylation sites is 1. The monoisotopic (exact) mass is 264 g/mol. The van der Waals surface area contributed by atoms with E-state index in [1.54, 1.807) is 14.2 Å². The maximum absolute atomic E-state index is 5.94. The van der Waals surface area contributed by atoms with E-state index in [4.69, 9.17) is 15.2 Å². The summed E-state index contributed by atoms with van der Waals surface area (Å²) in [5.41, 5.74) is 7.13. The van der Waals surface area contributed by atoms with Crippen LogP contribution >= 0.6 is 0 Å². The number of rotatable bonds is 5. The Kier molecular flexibility index (Phi) is 4.66. The van der Waals surface area contributed by atoms with E-state index < -0.39 is 0 Å². The fraction of sp³-hybridized carbons (Fsp3) is 0.600. The molecule has 106 valence electrons.